The van der Waals surface area contributed by atoms with E-state index in [1.165, 1.54) is 12.1 Å². The van der Waals surface area contributed by atoms with Crippen LogP contribution in [-0.4, -0.2) is 23.4 Å². The van der Waals surface area contributed by atoms with Gasteiger partial charge >= 0.3 is 0 Å². The van der Waals surface area contributed by atoms with Crippen LogP contribution in [0.15, 0.2) is 36.5 Å². The van der Waals surface area contributed by atoms with Gasteiger partial charge in [0.05, 0.1) is 5.69 Å². The van der Waals surface area contributed by atoms with Gasteiger partial charge < -0.3 is 5.32 Å². The maximum Gasteiger partial charge on any atom is 0.123 e. The van der Waals surface area contributed by atoms with Gasteiger partial charge in [-0.25, -0.2) is 4.39 Å². The molecular weight excluding hydrogens is 253 g/mol. The quantitative estimate of drug-likeness (QED) is 0.877. The molecule has 3 nitrogen and oxygen atoms in total. The molecule has 0 radical (unpaired) electrons. The van der Waals surface area contributed by atoms with E-state index in [-0.39, 0.29) is 5.82 Å². The van der Waals surface area contributed by atoms with Crippen LogP contribution in [0.2, 0.25) is 0 Å². The Morgan fingerprint density at radius 3 is 2.45 bits per heavy atom. The smallest absolute Gasteiger partial charge is 0.123 e. The number of halogens is 1. The molecule has 0 saturated carbocycles. The van der Waals surface area contributed by atoms with E-state index in [0.29, 0.717) is 12.0 Å². The van der Waals surface area contributed by atoms with Gasteiger partial charge in [0.2, 0.25) is 0 Å². The normalized spacial score (nSPS) is 12.8. The van der Waals surface area contributed by atoms with Gasteiger partial charge in [-0.05, 0) is 51.1 Å². The summed E-state index contributed by atoms with van der Waals surface area (Å²) in [6.45, 7) is 5.07. The number of hydrogen-bond acceptors (Lipinski definition) is 2. The van der Waals surface area contributed by atoms with Gasteiger partial charge in [-0.15, -0.1) is 0 Å². The summed E-state index contributed by atoms with van der Waals surface area (Å²) in [5, 5.41) is 7.79. The highest BCUT2D eigenvalue weighted by molar-refractivity contribution is 5.22. The Morgan fingerprint density at radius 2 is 1.90 bits per heavy atom. The minimum Gasteiger partial charge on any atom is -0.319 e. The zero-order chi connectivity index (χ0) is 14.5. The van der Waals surface area contributed by atoms with E-state index in [4.69, 9.17) is 0 Å². The van der Waals surface area contributed by atoms with Crippen LogP contribution in [0.5, 0.6) is 0 Å². The highest BCUT2D eigenvalue weighted by atomic mass is 19.1. The molecule has 0 saturated heterocycles. The monoisotopic (exact) mass is 275 g/mol. The van der Waals surface area contributed by atoms with E-state index in [1.807, 2.05) is 30.1 Å². The summed E-state index contributed by atoms with van der Waals surface area (Å²) in [6.07, 6.45) is 2.87. The average Bonchev–Trinajstić information content (AvgIpc) is 2.88. The first-order chi connectivity index (χ1) is 9.60. The fourth-order valence-electron chi connectivity index (χ4n) is 2.32. The number of likely N-dealkylation sites (N-methyl/N-ethyl adjacent to an activating group) is 1. The zero-order valence-electron chi connectivity index (χ0n) is 12.3. The van der Waals surface area contributed by atoms with Crippen molar-refractivity contribution in [3.05, 3.63) is 53.6 Å². The van der Waals surface area contributed by atoms with Crippen molar-refractivity contribution in [2.45, 2.75) is 32.2 Å². The fraction of sp³-hybridized carbons (Fsp3) is 0.438. The molecule has 1 unspecified atom stereocenters. The summed E-state index contributed by atoms with van der Waals surface area (Å²) >= 11 is 0. The number of aromatic nitrogens is 2. The number of nitrogens with zero attached hydrogens (tertiary/aromatic N) is 2. The predicted octanol–water partition coefficient (Wildman–Crippen LogP) is 3.15. The number of rotatable bonds is 6. The van der Waals surface area contributed by atoms with Crippen LogP contribution in [0, 0.1) is 5.82 Å². The highest BCUT2D eigenvalue weighted by Crippen LogP contribution is 2.20. The van der Waals surface area contributed by atoms with Crippen molar-refractivity contribution in [1.82, 2.24) is 15.1 Å². The minimum atomic E-state index is -0.193. The number of benzene rings is 1. The molecule has 0 aliphatic rings. The molecule has 0 fully saturated rings. The molecule has 2 aromatic rings. The molecule has 1 N–H and O–H groups in total. The van der Waals surface area contributed by atoms with Crippen molar-refractivity contribution in [2.75, 3.05) is 13.6 Å². The molecule has 1 aromatic carbocycles. The standard InChI is InChI=1S/C16H22FN3/c1-12(2)20-9-8-16(19-20)10-14(11-18-3)13-4-6-15(17)7-5-13/h4-9,12,14,18H,10-11H2,1-3H3. The maximum absolute atomic E-state index is 13.0. The Balaban J connectivity index is 2.14. The van der Waals surface area contributed by atoms with Gasteiger partial charge in [0.15, 0.2) is 0 Å². The largest absolute Gasteiger partial charge is 0.319 e. The summed E-state index contributed by atoms with van der Waals surface area (Å²) in [4.78, 5) is 0. The van der Waals surface area contributed by atoms with Gasteiger partial charge in [0.25, 0.3) is 0 Å². The van der Waals surface area contributed by atoms with Gasteiger partial charge in [-0.1, -0.05) is 12.1 Å². The van der Waals surface area contributed by atoms with Gasteiger partial charge in [0.1, 0.15) is 5.82 Å². The Morgan fingerprint density at radius 1 is 1.20 bits per heavy atom. The number of hydrogen-bond donors (Lipinski definition) is 1. The molecule has 0 aliphatic heterocycles. The lowest BCUT2D eigenvalue weighted by Crippen LogP contribution is -2.19. The Bertz CT molecular complexity index is 531. The second-order valence-electron chi connectivity index (χ2n) is 5.39. The first kappa shape index (κ1) is 14.7. The van der Waals surface area contributed by atoms with Crippen LogP contribution < -0.4 is 5.32 Å². The molecule has 1 atom stereocenters. The van der Waals surface area contributed by atoms with E-state index in [0.717, 1.165) is 24.2 Å². The summed E-state index contributed by atoms with van der Waals surface area (Å²) in [5.41, 5.74) is 2.21. The molecule has 108 valence electrons. The Labute approximate surface area is 119 Å². The van der Waals surface area contributed by atoms with E-state index in [1.54, 1.807) is 0 Å². The Hall–Kier alpha value is -1.68. The van der Waals surface area contributed by atoms with Crippen molar-refractivity contribution in [1.29, 1.82) is 0 Å². The van der Waals surface area contributed by atoms with Crippen LogP contribution >= 0.6 is 0 Å². The van der Waals surface area contributed by atoms with E-state index in [9.17, 15) is 4.39 Å². The molecule has 1 aromatic heterocycles. The van der Waals surface area contributed by atoms with Gasteiger partial charge in [0, 0.05) is 24.7 Å². The molecular formula is C16H22FN3. The SMILES string of the molecule is CNCC(Cc1ccn(C(C)C)n1)c1ccc(F)cc1. The molecule has 0 aliphatic carbocycles. The summed E-state index contributed by atoms with van der Waals surface area (Å²) in [6, 6.07) is 9.19. The molecule has 0 spiro atoms. The zero-order valence-corrected chi connectivity index (χ0v) is 12.3. The predicted molar refractivity (Wildman–Crippen MR) is 79.4 cm³/mol. The van der Waals surface area contributed by atoms with Crippen molar-refractivity contribution < 1.29 is 4.39 Å². The average molecular weight is 275 g/mol. The second-order valence-corrected chi connectivity index (χ2v) is 5.39. The van der Waals surface area contributed by atoms with Crippen LogP contribution in [0.3, 0.4) is 0 Å². The molecule has 4 heteroatoms. The molecule has 1 heterocycles. The van der Waals surface area contributed by atoms with E-state index < -0.39 is 0 Å². The van der Waals surface area contributed by atoms with Crippen molar-refractivity contribution in [2.24, 2.45) is 0 Å². The molecule has 0 bridgehead atoms. The minimum absolute atomic E-state index is 0.193. The first-order valence-electron chi connectivity index (χ1n) is 7.04. The number of nitrogens with one attached hydrogen (secondary N) is 1. The lowest BCUT2D eigenvalue weighted by molar-refractivity contribution is 0.519. The third-order valence-electron chi connectivity index (χ3n) is 3.44. The van der Waals surface area contributed by atoms with Crippen LogP contribution in [-0.2, 0) is 6.42 Å². The lowest BCUT2D eigenvalue weighted by Gasteiger charge is -2.16. The van der Waals surface area contributed by atoms with Gasteiger partial charge in [-0.2, -0.15) is 5.10 Å². The molecule has 2 rings (SSSR count). The third-order valence-corrected chi connectivity index (χ3v) is 3.44. The van der Waals surface area contributed by atoms with Crippen LogP contribution in [0.4, 0.5) is 4.39 Å². The summed E-state index contributed by atoms with van der Waals surface area (Å²) in [7, 11) is 1.93. The van der Waals surface area contributed by atoms with Crippen molar-refractivity contribution in [3.8, 4) is 0 Å². The molecule has 0 amide bonds. The first-order valence-corrected chi connectivity index (χ1v) is 7.04. The van der Waals surface area contributed by atoms with Gasteiger partial charge in [-0.3, -0.25) is 4.68 Å². The topological polar surface area (TPSA) is 29.9 Å². The third kappa shape index (κ3) is 3.67. The second kappa shape index (κ2) is 6.66. The van der Waals surface area contributed by atoms with Crippen LogP contribution in [0.25, 0.3) is 0 Å². The fourth-order valence-corrected chi connectivity index (χ4v) is 2.32. The maximum atomic E-state index is 13.0. The van der Waals surface area contributed by atoms with E-state index >= 15 is 0 Å². The van der Waals surface area contributed by atoms with E-state index in [2.05, 4.69) is 30.3 Å². The lowest BCUT2D eigenvalue weighted by atomic mass is 9.94. The Kier molecular flexibility index (Phi) is 4.90. The highest BCUT2D eigenvalue weighted by Gasteiger charge is 2.14. The summed E-state index contributed by atoms with van der Waals surface area (Å²) in [5.74, 6) is 0.108. The summed E-state index contributed by atoms with van der Waals surface area (Å²) < 4.78 is 15.0. The van der Waals surface area contributed by atoms with Crippen molar-refractivity contribution in [3.63, 3.8) is 0 Å². The van der Waals surface area contributed by atoms with Crippen molar-refractivity contribution >= 4 is 0 Å². The van der Waals surface area contributed by atoms with Crippen LogP contribution in [0.1, 0.15) is 37.1 Å². The molecule has 20 heavy (non-hydrogen) atoms.